The van der Waals surface area contributed by atoms with E-state index >= 15 is 0 Å². The number of hydrogen-bond donors (Lipinski definition) is 3. The average molecular weight is 285 g/mol. The number of aliphatic hydroxyl groups is 1. The van der Waals surface area contributed by atoms with E-state index in [1.54, 1.807) is 25.1 Å². The molecule has 1 aromatic rings. The maximum atomic E-state index is 12.0. The van der Waals surface area contributed by atoms with Crippen LogP contribution in [0.25, 0.3) is 0 Å². The third-order valence-electron chi connectivity index (χ3n) is 3.51. The van der Waals surface area contributed by atoms with Gasteiger partial charge in [-0.15, -0.1) is 0 Å². The topological polar surface area (TPSA) is 84.6 Å². The highest BCUT2D eigenvalue weighted by Gasteiger charge is 2.39. The SMILES string of the molecule is CC1OCCC1(O)CNC(=O)c1cccc(Cl)c1N. The molecule has 2 atom stereocenters. The number of nitrogens with two attached hydrogens (primary N) is 1. The molecule has 0 radical (unpaired) electrons. The largest absolute Gasteiger partial charge is 0.397 e. The first-order chi connectivity index (χ1) is 8.94. The zero-order valence-corrected chi connectivity index (χ0v) is 11.4. The molecule has 1 fully saturated rings. The van der Waals surface area contributed by atoms with E-state index in [0.29, 0.717) is 23.6 Å². The van der Waals surface area contributed by atoms with Crippen molar-refractivity contribution in [2.24, 2.45) is 0 Å². The second-order valence-corrected chi connectivity index (χ2v) is 5.16. The summed E-state index contributed by atoms with van der Waals surface area (Å²) in [5.74, 6) is -0.354. The van der Waals surface area contributed by atoms with Crippen molar-refractivity contribution in [3.63, 3.8) is 0 Å². The van der Waals surface area contributed by atoms with Gasteiger partial charge in [0.25, 0.3) is 5.91 Å². The van der Waals surface area contributed by atoms with Gasteiger partial charge in [-0.25, -0.2) is 0 Å². The standard InChI is InChI=1S/C13H17ClN2O3/c1-8-13(18,5-6-19-8)7-16-12(17)9-3-2-4-10(14)11(9)15/h2-4,8,18H,5-7,15H2,1H3,(H,16,17). The number of carbonyl (C=O) groups is 1. The first-order valence-electron chi connectivity index (χ1n) is 6.10. The van der Waals surface area contributed by atoms with Gasteiger partial charge in [-0.3, -0.25) is 4.79 Å². The van der Waals surface area contributed by atoms with Gasteiger partial charge < -0.3 is 20.9 Å². The molecule has 0 bridgehead atoms. The van der Waals surface area contributed by atoms with Gasteiger partial charge in [0.05, 0.1) is 22.4 Å². The van der Waals surface area contributed by atoms with E-state index in [2.05, 4.69) is 5.32 Å². The van der Waals surface area contributed by atoms with E-state index in [0.717, 1.165) is 0 Å². The monoisotopic (exact) mass is 284 g/mol. The van der Waals surface area contributed by atoms with Crippen molar-refractivity contribution in [3.8, 4) is 0 Å². The fourth-order valence-electron chi connectivity index (χ4n) is 2.07. The molecule has 2 unspecified atom stereocenters. The van der Waals surface area contributed by atoms with Crippen LogP contribution in [-0.4, -0.2) is 35.9 Å². The van der Waals surface area contributed by atoms with Crippen LogP contribution in [0.3, 0.4) is 0 Å². The molecule has 104 valence electrons. The molecule has 2 rings (SSSR count). The Bertz CT molecular complexity index is 495. The lowest BCUT2D eigenvalue weighted by Crippen LogP contribution is -2.47. The molecule has 5 nitrogen and oxygen atoms in total. The van der Waals surface area contributed by atoms with Gasteiger partial charge in [0, 0.05) is 19.6 Å². The van der Waals surface area contributed by atoms with Crippen molar-refractivity contribution in [1.29, 1.82) is 0 Å². The third kappa shape index (κ3) is 2.83. The second-order valence-electron chi connectivity index (χ2n) is 4.75. The number of hydrogen-bond acceptors (Lipinski definition) is 4. The van der Waals surface area contributed by atoms with Crippen molar-refractivity contribution in [3.05, 3.63) is 28.8 Å². The molecular weight excluding hydrogens is 268 g/mol. The molecule has 1 aliphatic rings. The van der Waals surface area contributed by atoms with Crippen LogP contribution in [0.4, 0.5) is 5.69 Å². The summed E-state index contributed by atoms with van der Waals surface area (Å²) in [6, 6.07) is 4.87. The minimum Gasteiger partial charge on any atom is -0.397 e. The zero-order valence-electron chi connectivity index (χ0n) is 10.6. The minimum atomic E-state index is -1.02. The van der Waals surface area contributed by atoms with E-state index in [9.17, 15) is 9.90 Å². The Morgan fingerprint density at radius 2 is 2.42 bits per heavy atom. The number of carbonyl (C=O) groups excluding carboxylic acids is 1. The summed E-state index contributed by atoms with van der Waals surface area (Å²) in [6.07, 6.45) is 0.198. The number of para-hydroxylation sites is 1. The predicted molar refractivity (Wildman–Crippen MR) is 73.2 cm³/mol. The van der Waals surface area contributed by atoms with Crippen LogP contribution >= 0.6 is 11.6 Å². The van der Waals surface area contributed by atoms with Crippen LogP contribution < -0.4 is 11.1 Å². The number of halogens is 1. The second kappa shape index (κ2) is 5.36. The highest BCUT2D eigenvalue weighted by atomic mass is 35.5. The number of nitrogens with one attached hydrogen (secondary N) is 1. The van der Waals surface area contributed by atoms with Crippen LogP contribution in [0.15, 0.2) is 18.2 Å². The number of anilines is 1. The number of ether oxygens (including phenoxy) is 1. The van der Waals surface area contributed by atoms with Crippen molar-refractivity contribution in [2.45, 2.75) is 25.0 Å². The molecule has 0 aliphatic carbocycles. The zero-order chi connectivity index (χ0) is 14.0. The van der Waals surface area contributed by atoms with Crippen LogP contribution in [0.2, 0.25) is 5.02 Å². The number of amides is 1. The van der Waals surface area contributed by atoms with Crippen LogP contribution in [-0.2, 0) is 4.74 Å². The van der Waals surface area contributed by atoms with Gasteiger partial charge in [0.15, 0.2) is 0 Å². The highest BCUT2D eigenvalue weighted by Crippen LogP contribution is 2.26. The number of nitrogen functional groups attached to an aromatic ring is 1. The molecule has 1 saturated heterocycles. The molecule has 0 saturated carbocycles. The first-order valence-corrected chi connectivity index (χ1v) is 6.48. The Labute approximate surface area is 116 Å². The van der Waals surface area contributed by atoms with Crippen molar-refractivity contribution < 1.29 is 14.6 Å². The van der Waals surface area contributed by atoms with Crippen molar-refractivity contribution in [1.82, 2.24) is 5.32 Å². The van der Waals surface area contributed by atoms with Gasteiger partial charge in [-0.2, -0.15) is 0 Å². The normalized spacial score (nSPS) is 26.4. The van der Waals surface area contributed by atoms with Crippen molar-refractivity contribution in [2.75, 3.05) is 18.9 Å². The van der Waals surface area contributed by atoms with Gasteiger partial charge >= 0.3 is 0 Å². The highest BCUT2D eigenvalue weighted by molar-refractivity contribution is 6.33. The molecule has 1 aromatic carbocycles. The minimum absolute atomic E-state index is 0.124. The summed E-state index contributed by atoms with van der Waals surface area (Å²) in [5, 5.41) is 13.3. The maximum Gasteiger partial charge on any atom is 0.253 e. The quantitative estimate of drug-likeness (QED) is 0.728. The average Bonchev–Trinajstić information content (AvgIpc) is 2.71. The summed E-state index contributed by atoms with van der Waals surface area (Å²) < 4.78 is 5.30. The van der Waals surface area contributed by atoms with Gasteiger partial charge in [0.2, 0.25) is 0 Å². The Morgan fingerprint density at radius 3 is 3.05 bits per heavy atom. The van der Waals surface area contributed by atoms with E-state index in [4.69, 9.17) is 22.1 Å². The summed E-state index contributed by atoms with van der Waals surface area (Å²) in [5.41, 5.74) is 5.27. The Balaban J connectivity index is 2.04. The van der Waals surface area contributed by atoms with E-state index in [-0.39, 0.29) is 24.2 Å². The Kier molecular flexibility index (Phi) is 3.99. The summed E-state index contributed by atoms with van der Waals surface area (Å²) in [7, 11) is 0. The number of benzene rings is 1. The summed E-state index contributed by atoms with van der Waals surface area (Å²) in [4.78, 5) is 12.0. The predicted octanol–water partition coefficient (Wildman–Crippen LogP) is 1.19. The Hall–Kier alpha value is -1.30. The molecule has 1 amide bonds. The van der Waals surface area contributed by atoms with E-state index < -0.39 is 5.60 Å². The fourth-order valence-corrected chi connectivity index (χ4v) is 2.24. The summed E-state index contributed by atoms with van der Waals surface area (Å²) >= 11 is 5.86. The molecule has 1 heterocycles. The van der Waals surface area contributed by atoms with Gasteiger partial charge in [-0.05, 0) is 19.1 Å². The maximum absolute atomic E-state index is 12.0. The lowest BCUT2D eigenvalue weighted by atomic mass is 9.96. The molecule has 0 spiro atoms. The van der Waals surface area contributed by atoms with E-state index in [1.807, 2.05) is 0 Å². The van der Waals surface area contributed by atoms with Crippen LogP contribution in [0, 0.1) is 0 Å². The number of rotatable bonds is 3. The van der Waals surface area contributed by atoms with Crippen LogP contribution in [0.5, 0.6) is 0 Å². The molecule has 4 N–H and O–H groups in total. The third-order valence-corrected chi connectivity index (χ3v) is 3.84. The first kappa shape index (κ1) is 14.1. The lowest BCUT2D eigenvalue weighted by Gasteiger charge is -2.26. The van der Waals surface area contributed by atoms with Crippen molar-refractivity contribution >= 4 is 23.2 Å². The fraction of sp³-hybridized carbons (Fsp3) is 0.462. The molecule has 1 aliphatic heterocycles. The van der Waals surface area contributed by atoms with E-state index in [1.165, 1.54) is 0 Å². The van der Waals surface area contributed by atoms with Gasteiger partial charge in [-0.1, -0.05) is 17.7 Å². The molecule has 0 aromatic heterocycles. The van der Waals surface area contributed by atoms with Gasteiger partial charge in [0.1, 0.15) is 5.60 Å². The molecule has 6 heteroatoms. The lowest BCUT2D eigenvalue weighted by molar-refractivity contribution is -0.0251. The Morgan fingerprint density at radius 1 is 1.68 bits per heavy atom. The molecular formula is C13H17ClN2O3. The summed E-state index contributed by atoms with van der Waals surface area (Å²) in [6.45, 7) is 2.40. The smallest absolute Gasteiger partial charge is 0.253 e. The van der Waals surface area contributed by atoms with Crippen LogP contribution in [0.1, 0.15) is 23.7 Å². The molecule has 19 heavy (non-hydrogen) atoms.